The summed E-state index contributed by atoms with van der Waals surface area (Å²) in [5, 5.41) is 0. The van der Waals surface area contributed by atoms with Crippen LogP contribution in [-0.2, 0) is 6.54 Å². The molecule has 0 spiro atoms. The molecule has 0 radical (unpaired) electrons. The number of methoxy groups -OCH3 is 1. The van der Waals surface area contributed by atoms with Crippen molar-refractivity contribution in [3.8, 4) is 5.75 Å². The first-order chi connectivity index (χ1) is 8.31. The highest BCUT2D eigenvalue weighted by molar-refractivity contribution is 6.67. The highest BCUT2D eigenvalue weighted by atomic mass is 35.6. The number of urea groups is 1. The van der Waals surface area contributed by atoms with Crippen molar-refractivity contribution in [2.45, 2.75) is 10.3 Å². The number of benzene rings is 1. The number of carbonyl (C=O) groups excluding carboxylic acids is 1. The van der Waals surface area contributed by atoms with Crippen LogP contribution in [0.3, 0.4) is 0 Å². The van der Waals surface area contributed by atoms with Crippen LogP contribution in [0.4, 0.5) is 4.79 Å². The van der Waals surface area contributed by atoms with Gasteiger partial charge < -0.3 is 15.4 Å². The molecule has 0 aliphatic heterocycles. The molecule has 0 saturated carbocycles. The monoisotopic (exact) mass is 310 g/mol. The Balaban J connectivity index is 2.74. The lowest BCUT2D eigenvalue weighted by atomic mass is 10.2. The first-order valence-corrected chi connectivity index (χ1v) is 6.19. The molecule has 0 aromatic heterocycles. The van der Waals surface area contributed by atoms with Crippen molar-refractivity contribution >= 4 is 40.8 Å². The summed E-state index contributed by atoms with van der Waals surface area (Å²) in [6.07, 6.45) is 0. The van der Waals surface area contributed by atoms with E-state index in [1.54, 1.807) is 19.2 Å². The number of ether oxygens (including phenoxy) is 1. The predicted octanol–water partition coefficient (Wildman–Crippen LogP) is 2.95. The third-order valence-corrected chi connectivity index (χ3v) is 2.57. The second-order valence-corrected chi connectivity index (χ2v) is 6.17. The van der Waals surface area contributed by atoms with E-state index in [1.165, 1.54) is 4.90 Å². The van der Waals surface area contributed by atoms with E-state index in [0.29, 0.717) is 0 Å². The Bertz CT molecular complexity index is 404. The number of halogens is 3. The van der Waals surface area contributed by atoms with Crippen molar-refractivity contribution < 1.29 is 9.53 Å². The van der Waals surface area contributed by atoms with E-state index in [9.17, 15) is 4.79 Å². The number of hydrogen-bond acceptors (Lipinski definition) is 2. The third-order valence-electron chi connectivity index (χ3n) is 2.21. The largest absolute Gasteiger partial charge is 0.497 e. The Hall–Kier alpha value is -0.840. The minimum absolute atomic E-state index is 0.0704. The number of primary amides is 1. The molecule has 2 N–H and O–H groups in total. The van der Waals surface area contributed by atoms with E-state index in [0.717, 1.165) is 11.3 Å². The van der Waals surface area contributed by atoms with Crippen LogP contribution in [0.15, 0.2) is 24.3 Å². The first-order valence-electron chi connectivity index (χ1n) is 5.06. The molecule has 0 fully saturated rings. The summed E-state index contributed by atoms with van der Waals surface area (Å²) in [5.41, 5.74) is 6.10. The molecule has 18 heavy (non-hydrogen) atoms. The highest BCUT2D eigenvalue weighted by Gasteiger charge is 2.25. The SMILES string of the molecule is COc1ccc(CN(CC(Cl)(Cl)Cl)C(N)=O)cc1. The molecule has 7 heteroatoms. The molecule has 0 aliphatic carbocycles. The van der Waals surface area contributed by atoms with Gasteiger partial charge in [-0.1, -0.05) is 46.9 Å². The fourth-order valence-corrected chi connectivity index (χ4v) is 1.81. The van der Waals surface area contributed by atoms with Crippen molar-refractivity contribution in [3.63, 3.8) is 0 Å². The second kappa shape index (κ2) is 6.36. The number of carbonyl (C=O) groups is 1. The lowest BCUT2D eigenvalue weighted by Gasteiger charge is -2.24. The predicted molar refractivity (Wildman–Crippen MR) is 73.3 cm³/mol. The molecule has 100 valence electrons. The minimum atomic E-state index is -1.55. The Kier molecular flexibility index (Phi) is 5.38. The molecule has 0 bridgehead atoms. The zero-order chi connectivity index (χ0) is 13.8. The van der Waals surface area contributed by atoms with Gasteiger partial charge in [-0.25, -0.2) is 4.79 Å². The minimum Gasteiger partial charge on any atom is -0.497 e. The van der Waals surface area contributed by atoms with Gasteiger partial charge in [-0.05, 0) is 17.7 Å². The van der Waals surface area contributed by atoms with E-state index in [-0.39, 0.29) is 13.1 Å². The Morgan fingerprint density at radius 1 is 1.33 bits per heavy atom. The van der Waals surface area contributed by atoms with Gasteiger partial charge in [-0.2, -0.15) is 0 Å². The molecule has 0 heterocycles. The molecule has 1 rings (SSSR count). The quantitative estimate of drug-likeness (QED) is 0.869. The van der Waals surface area contributed by atoms with Crippen LogP contribution in [0.5, 0.6) is 5.75 Å². The summed E-state index contributed by atoms with van der Waals surface area (Å²) in [6, 6.07) is 6.55. The smallest absolute Gasteiger partial charge is 0.315 e. The van der Waals surface area contributed by atoms with Gasteiger partial charge in [0.2, 0.25) is 3.79 Å². The molecule has 1 aromatic rings. The van der Waals surface area contributed by atoms with Gasteiger partial charge in [-0.15, -0.1) is 0 Å². The van der Waals surface area contributed by atoms with Gasteiger partial charge in [0.1, 0.15) is 5.75 Å². The Labute approximate surface area is 121 Å². The summed E-state index contributed by atoms with van der Waals surface area (Å²) in [4.78, 5) is 12.5. The van der Waals surface area contributed by atoms with Gasteiger partial charge in [0.05, 0.1) is 13.7 Å². The standard InChI is InChI=1S/C11H13Cl3N2O2/c1-18-9-4-2-8(3-5-9)6-16(10(15)17)7-11(12,13)14/h2-5H,6-7H2,1H3,(H2,15,17). The van der Waals surface area contributed by atoms with E-state index in [4.69, 9.17) is 45.3 Å². The van der Waals surface area contributed by atoms with Crippen molar-refractivity contribution in [2.75, 3.05) is 13.7 Å². The molecule has 4 nitrogen and oxygen atoms in total. The van der Waals surface area contributed by atoms with Gasteiger partial charge >= 0.3 is 6.03 Å². The summed E-state index contributed by atoms with van der Waals surface area (Å²) in [5.74, 6) is 0.728. The van der Waals surface area contributed by atoms with Crippen LogP contribution >= 0.6 is 34.8 Å². The number of amides is 2. The van der Waals surface area contributed by atoms with E-state index in [2.05, 4.69) is 0 Å². The molecule has 0 saturated heterocycles. The molecule has 0 unspecified atom stereocenters. The van der Waals surface area contributed by atoms with Crippen LogP contribution in [0.1, 0.15) is 5.56 Å². The Morgan fingerprint density at radius 2 is 1.89 bits per heavy atom. The van der Waals surface area contributed by atoms with Crippen molar-refractivity contribution in [3.05, 3.63) is 29.8 Å². The number of rotatable bonds is 4. The van der Waals surface area contributed by atoms with Gasteiger partial charge in [0, 0.05) is 6.54 Å². The van der Waals surface area contributed by atoms with Crippen molar-refractivity contribution in [2.24, 2.45) is 5.73 Å². The molecule has 1 aromatic carbocycles. The normalized spacial score (nSPS) is 11.1. The molecule has 0 atom stereocenters. The van der Waals surface area contributed by atoms with Crippen LogP contribution in [0.2, 0.25) is 0 Å². The molecular weight excluding hydrogens is 298 g/mol. The van der Waals surface area contributed by atoms with Gasteiger partial charge in [0.15, 0.2) is 0 Å². The lowest BCUT2D eigenvalue weighted by molar-refractivity contribution is 0.206. The fourth-order valence-electron chi connectivity index (χ4n) is 1.38. The highest BCUT2D eigenvalue weighted by Crippen LogP contribution is 2.27. The number of nitrogens with two attached hydrogens (primary N) is 1. The maximum absolute atomic E-state index is 11.3. The lowest BCUT2D eigenvalue weighted by Crippen LogP contribution is -2.40. The zero-order valence-corrected chi connectivity index (χ0v) is 12.0. The maximum Gasteiger partial charge on any atom is 0.315 e. The van der Waals surface area contributed by atoms with E-state index >= 15 is 0 Å². The average Bonchev–Trinajstić information content (AvgIpc) is 2.27. The van der Waals surface area contributed by atoms with E-state index < -0.39 is 9.82 Å². The van der Waals surface area contributed by atoms with Crippen LogP contribution in [0.25, 0.3) is 0 Å². The molecular formula is C11H13Cl3N2O2. The van der Waals surface area contributed by atoms with Crippen molar-refractivity contribution in [1.82, 2.24) is 4.90 Å². The second-order valence-electron chi connectivity index (χ2n) is 3.66. The van der Waals surface area contributed by atoms with Gasteiger partial charge in [0.25, 0.3) is 0 Å². The van der Waals surface area contributed by atoms with Gasteiger partial charge in [-0.3, -0.25) is 0 Å². The number of alkyl halides is 3. The average molecular weight is 312 g/mol. The number of nitrogens with zero attached hydrogens (tertiary/aromatic N) is 1. The zero-order valence-electron chi connectivity index (χ0n) is 9.70. The molecule has 2 amide bonds. The van der Waals surface area contributed by atoms with Crippen LogP contribution in [0, 0.1) is 0 Å². The Morgan fingerprint density at radius 3 is 2.28 bits per heavy atom. The maximum atomic E-state index is 11.3. The molecule has 0 aliphatic rings. The third kappa shape index (κ3) is 5.21. The summed E-state index contributed by atoms with van der Waals surface area (Å²) >= 11 is 16.9. The fraction of sp³-hybridized carbons (Fsp3) is 0.364. The van der Waals surface area contributed by atoms with E-state index in [1.807, 2.05) is 12.1 Å². The van der Waals surface area contributed by atoms with Crippen molar-refractivity contribution in [1.29, 1.82) is 0 Å². The summed E-state index contributed by atoms with van der Waals surface area (Å²) in [7, 11) is 1.58. The van der Waals surface area contributed by atoms with Crippen LogP contribution < -0.4 is 10.5 Å². The number of hydrogen-bond donors (Lipinski definition) is 1. The summed E-state index contributed by atoms with van der Waals surface area (Å²) in [6.45, 7) is 0.201. The van der Waals surface area contributed by atoms with Crippen LogP contribution in [-0.4, -0.2) is 28.4 Å². The summed E-state index contributed by atoms with van der Waals surface area (Å²) < 4.78 is 3.48. The first kappa shape index (κ1) is 15.2. The topological polar surface area (TPSA) is 55.6 Å².